The number of methoxy groups -OCH3 is 1. The summed E-state index contributed by atoms with van der Waals surface area (Å²) in [5, 5.41) is 55.4. The van der Waals surface area contributed by atoms with Gasteiger partial charge in [0.05, 0.1) is 47.7 Å². The molecule has 7 atom stereocenters. The van der Waals surface area contributed by atoms with Crippen LogP contribution in [0.4, 0.5) is 0 Å². The number of ketones is 2. The molecule has 12 heteroatoms. The molecule has 3 aliphatic rings. The van der Waals surface area contributed by atoms with Gasteiger partial charge in [-0.1, -0.05) is 19.1 Å². The van der Waals surface area contributed by atoms with Crippen molar-refractivity contribution in [3.8, 4) is 17.2 Å². The van der Waals surface area contributed by atoms with Gasteiger partial charge in [0.2, 0.25) is 5.78 Å². The summed E-state index contributed by atoms with van der Waals surface area (Å²) in [5.74, 6) is -6.33. The van der Waals surface area contributed by atoms with Crippen LogP contribution in [0.25, 0.3) is 0 Å². The molecule has 0 radical (unpaired) electrons. The Morgan fingerprint density at radius 3 is 2.38 bits per heavy atom. The number of aliphatic hydroxyl groups excluding tert-OH is 1. The lowest BCUT2D eigenvalue weighted by Gasteiger charge is -2.45. The Labute approximate surface area is 228 Å². The molecule has 0 aromatic heterocycles. The summed E-state index contributed by atoms with van der Waals surface area (Å²) in [6.45, 7) is 3.20. The van der Waals surface area contributed by atoms with Crippen LogP contribution in [-0.4, -0.2) is 80.3 Å². The third-order valence-electron chi connectivity index (χ3n) is 8.29. The minimum atomic E-state index is -1.87. The standard InChI is InChI=1S/C28H31NO11/c1-4-28(37)9-14(40-15-8-12(29)22(31)10(2)39-15)17-18(21(28)27(36)38-3)26(35)19-20(25(17)34)24(33)16-11(23(19)32)6-5-7-13(16)30/h5-7,10,12,14-15,21-22,30-31,34-35,37H,4,8-9,29H2,1-3H3/t10?,12?,14-,15?,21-,22?,28+/m0/s1. The fraction of sp³-hybridized carbons (Fsp3) is 0.464. The molecule has 2 aliphatic carbocycles. The number of nitrogens with two attached hydrogens (primary N) is 1. The van der Waals surface area contributed by atoms with Crippen LogP contribution in [0.2, 0.25) is 0 Å². The molecule has 1 heterocycles. The molecular weight excluding hydrogens is 526 g/mol. The quantitative estimate of drug-likeness (QED) is 0.198. The number of ether oxygens (including phenoxy) is 3. The van der Waals surface area contributed by atoms with Crippen LogP contribution in [0.3, 0.4) is 0 Å². The molecule has 0 amide bonds. The van der Waals surface area contributed by atoms with Gasteiger partial charge >= 0.3 is 5.97 Å². The maximum atomic E-state index is 13.6. The molecule has 2 aromatic rings. The van der Waals surface area contributed by atoms with E-state index in [9.17, 15) is 39.9 Å². The van der Waals surface area contributed by atoms with Gasteiger partial charge < -0.3 is 45.5 Å². The molecule has 12 nitrogen and oxygen atoms in total. The van der Waals surface area contributed by atoms with E-state index in [0.29, 0.717) is 0 Å². The topological polar surface area (TPSA) is 206 Å². The maximum Gasteiger partial charge on any atom is 0.316 e. The van der Waals surface area contributed by atoms with E-state index in [4.69, 9.17) is 19.9 Å². The van der Waals surface area contributed by atoms with Gasteiger partial charge in [0.1, 0.15) is 23.2 Å². The van der Waals surface area contributed by atoms with E-state index in [0.717, 1.165) is 7.11 Å². The summed E-state index contributed by atoms with van der Waals surface area (Å²) in [4.78, 5) is 40.2. The number of esters is 1. The number of phenols is 3. The molecule has 1 saturated heterocycles. The number of aliphatic hydroxyl groups is 2. The van der Waals surface area contributed by atoms with E-state index in [1.807, 2.05) is 0 Å². The summed E-state index contributed by atoms with van der Waals surface area (Å²) >= 11 is 0. The Bertz CT molecular complexity index is 1410. The average Bonchev–Trinajstić information content (AvgIpc) is 2.91. The van der Waals surface area contributed by atoms with E-state index < -0.39 is 88.1 Å². The second-order valence-electron chi connectivity index (χ2n) is 10.5. The minimum absolute atomic E-state index is 0.0207. The van der Waals surface area contributed by atoms with Crippen LogP contribution in [-0.2, 0) is 19.0 Å². The maximum absolute atomic E-state index is 13.6. The Balaban J connectivity index is 1.76. The second kappa shape index (κ2) is 9.82. The number of aromatic hydroxyl groups is 3. The average molecular weight is 558 g/mol. The Hall–Kier alpha value is -3.55. The van der Waals surface area contributed by atoms with Crippen LogP contribution in [0, 0.1) is 0 Å². The molecule has 4 unspecified atom stereocenters. The van der Waals surface area contributed by atoms with Crippen molar-refractivity contribution in [1.29, 1.82) is 0 Å². The molecular formula is C28H31NO11. The van der Waals surface area contributed by atoms with Crippen molar-refractivity contribution in [3.63, 3.8) is 0 Å². The van der Waals surface area contributed by atoms with Crippen molar-refractivity contribution in [2.45, 2.75) is 75.3 Å². The fourth-order valence-electron chi connectivity index (χ4n) is 6.13. The summed E-state index contributed by atoms with van der Waals surface area (Å²) in [7, 11) is 1.09. The van der Waals surface area contributed by atoms with Gasteiger partial charge in [-0.3, -0.25) is 14.4 Å². The first-order valence-electron chi connectivity index (χ1n) is 12.9. The van der Waals surface area contributed by atoms with E-state index in [-0.39, 0.29) is 41.5 Å². The van der Waals surface area contributed by atoms with Crippen molar-refractivity contribution in [2.24, 2.45) is 5.73 Å². The Morgan fingerprint density at radius 1 is 1.10 bits per heavy atom. The summed E-state index contributed by atoms with van der Waals surface area (Å²) in [6.07, 6.45) is -4.24. The Morgan fingerprint density at radius 2 is 1.75 bits per heavy atom. The van der Waals surface area contributed by atoms with E-state index >= 15 is 0 Å². The molecule has 0 bridgehead atoms. The first kappa shape index (κ1) is 28.0. The lowest BCUT2D eigenvalue weighted by atomic mass is 9.66. The first-order chi connectivity index (χ1) is 18.9. The molecule has 0 saturated carbocycles. The zero-order valence-corrected chi connectivity index (χ0v) is 22.1. The van der Waals surface area contributed by atoms with Crippen molar-refractivity contribution in [2.75, 3.05) is 7.11 Å². The monoisotopic (exact) mass is 557 g/mol. The number of fused-ring (bicyclic) bond motifs is 3. The number of hydrogen-bond acceptors (Lipinski definition) is 12. The molecule has 5 rings (SSSR count). The smallest absolute Gasteiger partial charge is 0.316 e. The van der Waals surface area contributed by atoms with Gasteiger partial charge in [0.15, 0.2) is 12.1 Å². The number of carbonyl (C=O) groups excluding carboxylic acids is 3. The molecule has 1 fully saturated rings. The summed E-state index contributed by atoms with van der Waals surface area (Å²) in [6, 6.07) is 3.14. The van der Waals surface area contributed by atoms with Gasteiger partial charge in [0, 0.05) is 35.6 Å². The van der Waals surface area contributed by atoms with Gasteiger partial charge in [-0.15, -0.1) is 0 Å². The zero-order valence-electron chi connectivity index (χ0n) is 22.1. The van der Waals surface area contributed by atoms with Crippen molar-refractivity contribution < 1.29 is 54.1 Å². The normalized spacial score (nSPS) is 31.2. The molecule has 40 heavy (non-hydrogen) atoms. The van der Waals surface area contributed by atoms with Gasteiger partial charge in [-0.2, -0.15) is 0 Å². The third kappa shape index (κ3) is 3.98. The van der Waals surface area contributed by atoms with Crippen LogP contribution >= 0.6 is 0 Å². The van der Waals surface area contributed by atoms with Crippen LogP contribution in [0.15, 0.2) is 18.2 Å². The predicted octanol–water partition coefficient (Wildman–Crippen LogP) is 1.26. The second-order valence-corrected chi connectivity index (χ2v) is 10.5. The van der Waals surface area contributed by atoms with E-state index in [1.165, 1.54) is 18.2 Å². The van der Waals surface area contributed by atoms with Crippen LogP contribution < -0.4 is 5.73 Å². The first-order valence-corrected chi connectivity index (χ1v) is 12.9. The number of phenolic OH excluding ortho intramolecular Hbond substituents is 3. The number of carbonyl (C=O) groups is 3. The molecule has 2 aromatic carbocycles. The minimum Gasteiger partial charge on any atom is -0.507 e. The van der Waals surface area contributed by atoms with Gasteiger partial charge in [-0.05, 0) is 19.4 Å². The SMILES string of the molecule is CC[C@@]1(O)C[C@H](OC2CC(N)C(O)C(C)O2)c2c(O)c3c(c(O)c2[C@H]1C(=O)OC)C(=O)c1cccc(O)c1C3=O. The largest absolute Gasteiger partial charge is 0.507 e. The van der Waals surface area contributed by atoms with Crippen LogP contribution in [0.1, 0.15) is 88.1 Å². The zero-order chi connectivity index (χ0) is 29.3. The summed E-state index contributed by atoms with van der Waals surface area (Å²) in [5.41, 5.74) is 1.96. The molecule has 0 spiro atoms. The van der Waals surface area contributed by atoms with Crippen molar-refractivity contribution >= 4 is 17.5 Å². The predicted molar refractivity (Wildman–Crippen MR) is 136 cm³/mol. The van der Waals surface area contributed by atoms with Crippen molar-refractivity contribution in [1.82, 2.24) is 0 Å². The molecule has 214 valence electrons. The number of rotatable bonds is 4. The van der Waals surface area contributed by atoms with Crippen LogP contribution in [0.5, 0.6) is 17.2 Å². The lowest BCUT2D eigenvalue weighted by Crippen LogP contribution is -2.52. The highest BCUT2D eigenvalue weighted by atomic mass is 16.7. The highest BCUT2D eigenvalue weighted by Crippen LogP contribution is 2.57. The van der Waals surface area contributed by atoms with Crippen molar-refractivity contribution in [3.05, 3.63) is 51.6 Å². The fourth-order valence-corrected chi connectivity index (χ4v) is 6.13. The molecule has 1 aliphatic heterocycles. The van der Waals surface area contributed by atoms with Gasteiger partial charge in [-0.25, -0.2) is 0 Å². The highest BCUT2D eigenvalue weighted by Gasteiger charge is 2.54. The number of benzene rings is 2. The Kier molecular flexibility index (Phi) is 6.87. The molecule has 7 N–H and O–H groups in total. The summed E-state index contributed by atoms with van der Waals surface area (Å²) < 4.78 is 16.8. The van der Waals surface area contributed by atoms with Gasteiger partial charge in [0.25, 0.3) is 0 Å². The van der Waals surface area contributed by atoms with E-state index in [1.54, 1.807) is 13.8 Å². The number of hydrogen-bond donors (Lipinski definition) is 6. The lowest BCUT2D eigenvalue weighted by molar-refractivity contribution is -0.249. The highest BCUT2D eigenvalue weighted by molar-refractivity contribution is 6.31. The third-order valence-corrected chi connectivity index (χ3v) is 8.29. The van der Waals surface area contributed by atoms with E-state index in [2.05, 4.69) is 0 Å².